The van der Waals surface area contributed by atoms with Crippen LogP contribution in [-0.4, -0.2) is 63.6 Å². The Hall–Kier alpha value is -2.91. The van der Waals surface area contributed by atoms with Crippen LogP contribution in [0.1, 0.15) is 80.1 Å². The van der Waals surface area contributed by atoms with Crippen molar-refractivity contribution in [2.45, 2.75) is 141 Å². The summed E-state index contributed by atoms with van der Waals surface area (Å²) in [5.41, 5.74) is 2.32. The number of allylic oxidation sites excluding steroid dienone is 2. The van der Waals surface area contributed by atoms with Crippen LogP contribution in [0.4, 0.5) is 0 Å². The summed E-state index contributed by atoms with van der Waals surface area (Å²) < 4.78 is 41.7. The zero-order valence-electron chi connectivity index (χ0n) is 39.1. The number of rotatable bonds is 12. The monoisotopic (exact) mass is 912 g/mol. The number of benzene rings is 4. The van der Waals surface area contributed by atoms with Gasteiger partial charge in [0, 0.05) is 33.5 Å². The molecule has 2 fully saturated rings. The van der Waals surface area contributed by atoms with Crippen LogP contribution in [0, 0.1) is 0 Å². The first kappa shape index (κ1) is 50.1. The average Bonchev–Trinajstić information content (AvgIpc) is 3.22. The molecule has 62 heavy (non-hydrogen) atoms. The molecule has 0 aliphatic heterocycles. The largest absolute Gasteiger partial charge is 0.414 e. The summed E-state index contributed by atoms with van der Waals surface area (Å²) in [4.78, 5) is 0. The lowest BCUT2D eigenvalue weighted by Gasteiger charge is -2.41. The summed E-state index contributed by atoms with van der Waals surface area (Å²) in [6.07, 6.45) is 8.69. The minimum absolute atomic E-state index is 0.0312. The van der Waals surface area contributed by atoms with Crippen molar-refractivity contribution in [3.8, 4) is 0 Å². The van der Waals surface area contributed by atoms with E-state index >= 15 is 0 Å². The van der Waals surface area contributed by atoms with Gasteiger partial charge < -0.3 is 28.2 Å². The molecule has 2 saturated carbocycles. The lowest BCUT2D eigenvalue weighted by atomic mass is 9.90. The van der Waals surface area contributed by atoms with E-state index < -0.39 is 43.1 Å². The molecule has 6 rings (SSSR count). The van der Waals surface area contributed by atoms with Gasteiger partial charge >= 0.3 is 0 Å². The molecule has 0 spiro atoms. The van der Waals surface area contributed by atoms with Crippen LogP contribution in [0.25, 0.3) is 0 Å². The lowest BCUT2D eigenvalue weighted by Crippen LogP contribution is -2.45. The van der Waals surface area contributed by atoms with Crippen LogP contribution in [0.2, 0.25) is 36.3 Å². The molecule has 0 bridgehead atoms. The highest BCUT2D eigenvalue weighted by Gasteiger charge is 2.42. The van der Waals surface area contributed by atoms with Crippen molar-refractivity contribution < 1.29 is 28.2 Å². The minimum Gasteiger partial charge on any atom is -0.414 e. The fraction of sp³-hybridized carbons (Fsp3) is 0.462. The van der Waals surface area contributed by atoms with Gasteiger partial charge in [0.2, 0.25) is 0 Å². The Kier molecular flexibility index (Phi) is 16.9. The predicted octanol–water partition coefficient (Wildman–Crippen LogP) is 11.7. The fourth-order valence-corrected chi connectivity index (χ4v) is 15.7. The number of aliphatic hydroxyl groups excluding tert-OH is 2. The third-order valence-electron chi connectivity index (χ3n) is 13.5. The maximum absolute atomic E-state index is 14.3. The topological polar surface area (TPSA) is 93.1 Å². The summed E-state index contributed by atoms with van der Waals surface area (Å²) in [5, 5.41) is 24.9. The van der Waals surface area contributed by atoms with Gasteiger partial charge in [-0.25, -0.2) is 0 Å². The zero-order chi connectivity index (χ0) is 45.4. The molecule has 2 N–H and O–H groups in total. The predicted molar refractivity (Wildman–Crippen MR) is 269 cm³/mol. The van der Waals surface area contributed by atoms with E-state index in [1.807, 2.05) is 121 Å². The second-order valence-corrected chi connectivity index (χ2v) is 35.8. The molecule has 4 aromatic rings. The number of hydrogen-bond donors (Lipinski definition) is 2. The van der Waals surface area contributed by atoms with Crippen LogP contribution < -0.4 is 21.2 Å². The Morgan fingerprint density at radius 1 is 0.500 bits per heavy atom. The lowest BCUT2D eigenvalue weighted by molar-refractivity contribution is 0.0660. The molecule has 4 aromatic carbocycles. The molecule has 0 saturated heterocycles. The molecular weight excluding hydrogens is 839 g/mol. The molecule has 336 valence electrons. The highest BCUT2D eigenvalue weighted by atomic mass is 31.2. The minimum atomic E-state index is -2.79. The smallest absolute Gasteiger partial charge is 0.192 e. The number of hydrogen-bond acceptors (Lipinski definition) is 6. The summed E-state index contributed by atoms with van der Waals surface area (Å²) >= 11 is 0. The Bertz CT molecular complexity index is 1930. The van der Waals surface area contributed by atoms with E-state index in [2.05, 4.69) is 79.9 Å². The Balaban J connectivity index is 0.000000234. The first-order valence-electron chi connectivity index (χ1n) is 22.5. The van der Waals surface area contributed by atoms with E-state index in [4.69, 9.17) is 8.85 Å². The first-order valence-corrected chi connectivity index (χ1v) is 32.1. The molecule has 0 amide bonds. The summed E-state index contributed by atoms with van der Waals surface area (Å²) in [7, 11) is -9.39. The third-order valence-corrected chi connectivity index (χ3v) is 28.5. The van der Waals surface area contributed by atoms with E-state index in [0.29, 0.717) is 38.0 Å². The van der Waals surface area contributed by atoms with Crippen molar-refractivity contribution in [3.63, 3.8) is 0 Å². The second kappa shape index (κ2) is 20.9. The van der Waals surface area contributed by atoms with Gasteiger partial charge in [-0.2, -0.15) is 0 Å². The van der Waals surface area contributed by atoms with Crippen molar-refractivity contribution in [1.82, 2.24) is 0 Å². The normalized spacial score (nSPS) is 21.9. The SMILES string of the molecule is CC(C)(C)[Si](C)(C)O[C@@H]1C/C(=C/CP(=O)(c2ccccc2)c2ccccc2)C[C@@H](O)C1.CC(C)(C)[Si](C)(C)O[C@@H]1C/C(=C\CP(=O)(c2ccccc2)c2ccccc2)C[C@@H](O)C1. The van der Waals surface area contributed by atoms with Crippen LogP contribution in [0.5, 0.6) is 0 Å². The molecule has 4 atom stereocenters. The van der Waals surface area contributed by atoms with Gasteiger partial charge in [0.25, 0.3) is 0 Å². The van der Waals surface area contributed by atoms with E-state index in [0.717, 1.165) is 45.2 Å². The molecular formula is C52H74O6P2Si2. The maximum Gasteiger partial charge on any atom is 0.192 e. The van der Waals surface area contributed by atoms with Gasteiger partial charge in [0.1, 0.15) is 14.3 Å². The van der Waals surface area contributed by atoms with E-state index in [9.17, 15) is 19.3 Å². The van der Waals surface area contributed by atoms with Gasteiger partial charge in [-0.15, -0.1) is 0 Å². The van der Waals surface area contributed by atoms with Crippen LogP contribution in [0.3, 0.4) is 0 Å². The quantitative estimate of drug-likeness (QED) is 0.0835. The van der Waals surface area contributed by atoms with E-state index in [1.54, 1.807) is 0 Å². The van der Waals surface area contributed by atoms with E-state index in [1.165, 1.54) is 0 Å². The van der Waals surface area contributed by atoms with Gasteiger partial charge in [-0.1, -0.05) is 186 Å². The van der Waals surface area contributed by atoms with Crippen molar-refractivity contribution >= 4 is 52.1 Å². The van der Waals surface area contributed by atoms with Crippen LogP contribution >= 0.6 is 14.3 Å². The Labute approximate surface area is 376 Å². The standard InChI is InChI=1S/2C26H37O3PSi/c2*1-26(2,3)31(4,5)29-23-19-21(18-22(27)20-23)16-17-30(28,24-12-8-6-9-13-24)25-14-10-7-11-15-25/h2*6-16,22-23,27H,17-20H2,1-5H3/b21-16+;21-16-/t2*22-,23-/m11/s1. The van der Waals surface area contributed by atoms with Crippen molar-refractivity contribution in [1.29, 1.82) is 0 Å². The average molecular weight is 913 g/mol. The molecule has 0 heterocycles. The molecule has 6 nitrogen and oxygen atoms in total. The Morgan fingerprint density at radius 2 is 0.758 bits per heavy atom. The molecule has 2 aliphatic carbocycles. The second-order valence-electron chi connectivity index (χ2n) is 20.5. The van der Waals surface area contributed by atoms with Crippen LogP contribution in [-0.2, 0) is 18.0 Å². The highest BCUT2D eigenvalue weighted by molar-refractivity contribution is 7.79. The van der Waals surface area contributed by atoms with Crippen LogP contribution in [0.15, 0.2) is 145 Å². The first-order chi connectivity index (χ1) is 29.0. The maximum atomic E-state index is 14.3. The molecule has 0 aromatic heterocycles. The third kappa shape index (κ3) is 13.1. The molecule has 0 radical (unpaired) electrons. The van der Waals surface area contributed by atoms with Gasteiger partial charge in [0.05, 0.1) is 24.4 Å². The van der Waals surface area contributed by atoms with Crippen molar-refractivity contribution in [2.75, 3.05) is 12.3 Å². The summed E-state index contributed by atoms with van der Waals surface area (Å²) in [6, 6.07) is 39.1. The van der Waals surface area contributed by atoms with Gasteiger partial charge in [-0.05, 0) is 74.8 Å². The van der Waals surface area contributed by atoms with Crippen molar-refractivity contribution in [3.05, 3.63) is 145 Å². The van der Waals surface area contributed by atoms with E-state index in [-0.39, 0.29) is 22.3 Å². The highest BCUT2D eigenvalue weighted by Crippen LogP contribution is 2.47. The Morgan fingerprint density at radius 3 is 1.00 bits per heavy atom. The van der Waals surface area contributed by atoms with Gasteiger partial charge in [0.15, 0.2) is 16.6 Å². The fourth-order valence-electron chi connectivity index (χ4n) is 7.91. The summed E-state index contributed by atoms with van der Waals surface area (Å²) in [5.74, 6) is 0. The zero-order valence-corrected chi connectivity index (χ0v) is 42.9. The summed E-state index contributed by atoms with van der Waals surface area (Å²) in [6.45, 7) is 22.5. The van der Waals surface area contributed by atoms with Gasteiger partial charge in [-0.3, -0.25) is 0 Å². The molecule has 0 unspecified atom stereocenters. The molecule has 2 aliphatic rings. The molecule has 10 heteroatoms. The number of aliphatic hydroxyl groups is 2. The van der Waals surface area contributed by atoms with Crippen molar-refractivity contribution in [2.24, 2.45) is 0 Å².